The number of carbonyl (C=O) groups is 1. The standard InChI is InChI=1S/C26H26F3NO3S/c1-15-24-22(21-9-10-34(32)14-18(21)12-23(24)25(31)33-15)8-7-20-6-5-17(13-30-20)16-3-2-4-19(11-16)26(27,28)29/h2-8,11,13,15,18,21-24H,9-10,12,14H2,1H3/b8-7+. The molecule has 34 heavy (non-hydrogen) atoms. The van der Waals surface area contributed by atoms with Gasteiger partial charge in [0.25, 0.3) is 0 Å². The van der Waals surface area contributed by atoms with Crippen LogP contribution in [0.25, 0.3) is 17.2 Å². The molecule has 2 aromatic rings. The van der Waals surface area contributed by atoms with Gasteiger partial charge in [-0.1, -0.05) is 24.3 Å². The van der Waals surface area contributed by atoms with Gasteiger partial charge in [0.05, 0.1) is 17.2 Å². The van der Waals surface area contributed by atoms with Crippen molar-refractivity contribution in [2.75, 3.05) is 11.5 Å². The minimum absolute atomic E-state index is 0.0981. The van der Waals surface area contributed by atoms with Crippen LogP contribution in [-0.2, 0) is 26.5 Å². The Morgan fingerprint density at radius 1 is 1.18 bits per heavy atom. The summed E-state index contributed by atoms with van der Waals surface area (Å²) < 4.78 is 56.9. The largest absolute Gasteiger partial charge is 0.462 e. The first-order chi connectivity index (χ1) is 16.2. The number of carbonyl (C=O) groups excluding carboxylic acids is 1. The molecule has 8 heteroatoms. The van der Waals surface area contributed by atoms with Gasteiger partial charge >= 0.3 is 12.1 Å². The molecule has 0 bridgehead atoms. The quantitative estimate of drug-likeness (QED) is 0.545. The van der Waals surface area contributed by atoms with E-state index >= 15 is 0 Å². The number of cyclic esters (lactones) is 1. The summed E-state index contributed by atoms with van der Waals surface area (Å²) in [6.45, 7) is 1.95. The maximum Gasteiger partial charge on any atom is 0.416 e. The fourth-order valence-electron chi connectivity index (χ4n) is 6.01. The number of benzene rings is 1. The summed E-state index contributed by atoms with van der Waals surface area (Å²) in [7, 11) is -0.829. The van der Waals surface area contributed by atoms with Crippen molar-refractivity contribution in [3.8, 4) is 11.1 Å². The molecule has 3 aliphatic rings. The Labute approximate surface area is 199 Å². The van der Waals surface area contributed by atoms with Crippen LogP contribution in [0, 0.1) is 29.6 Å². The van der Waals surface area contributed by atoms with Gasteiger partial charge < -0.3 is 4.74 Å². The molecule has 3 fully saturated rings. The summed E-state index contributed by atoms with van der Waals surface area (Å²) in [5.41, 5.74) is 1.08. The van der Waals surface area contributed by atoms with Crippen LogP contribution < -0.4 is 0 Å². The number of aromatic nitrogens is 1. The number of halogens is 3. The molecular formula is C26H26F3NO3S. The normalized spacial score (nSPS) is 33.4. The molecule has 1 aromatic carbocycles. The zero-order valence-electron chi connectivity index (χ0n) is 18.7. The smallest absolute Gasteiger partial charge is 0.416 e. The van der Waals surface area contributed by atoms with Gasteiger partial charge in [0.1, 0.15) is 6.10 Å². The summed E-state index contributed by atoms with van der Waals surface area (Å²) in [6.07, 6.45) is 2.70. The van der Waals surface area contributed by atoms with E-state index < -0.39 is 22.5 Å². The van der Waals surface area contributed by atoms with Crippen molar-refractivity contribution < 1.29 is 26.9 Å². The molecule has 1 aromatic heterocycles. The third-order valence-corrected chi connectivity index (χ3v) is 9.08. The molecule has 1 aliphatic carbocycles. The Bertz CT molecular complexity index is 1130. The lowest BCUT2D eigenvalue weighted by Gasteiger charge is -2.45. The zero-order chi connectivity index (χ0) is 24.0. The average Bonchev–Trinajstić information content (AvgIpc) is 3.09. The molecule has 0 N–H and O–H groups in total. The molecule has 5 rings (SSSR count). The van der Waals surface area contributed by atoms with Gasteiger partial charge in [-0.15, -0.1) is 0 Å². The van der Waals surface area contributed by atoms with Crippen LogP contribution in [0.1, 0.15) is 31.0 Å². The molecule has 2 aliphatic heterocycles. The predicted octanol–water partition coefficient (Wildman–Crippen LogP) is 5.36. The van der Waals surface area contributed by atoms with Crippen LogP contribution in [0.5, 0.6) is 0 Å². The minimum Gasteiger partial charge on any atom is -0.462 e. The number of rotatable bonds is 3. The van der Waals surface area contributed by atoms with Crippen molar-refractivity contribution in [3.63, 3.8) is 0 Å². The van der Waals surface area contributed by atoms with Crippen molar-refractivity contribution in [1.29, 1.82) is 0 Å². The Morgan fingerprint density at radius 2 is 2.00 bits per heavy atom. The third kappa shape index (κ3) is 4.44. The summed E-state index contributed by atoms with van der Waals surface area (Å²) >= 11 is 0. The second kappa shape index (κ2) is 8.95. The van der Waals surface area contributed by atoms with E-state index in [9.17, 15) is 22.2 Å². The Balaban J connectivity index is 1.38. The molecule has 0 amide bonds. The zero-order valence-corrected chi connectivity index (χ0v) is 19.5. The van der Waals surface area contributed by atoms with Crippen LogP contribution in [0.2, 0.25) is 0 Å². The van der Waals surface area contributed by atoms with Crippen LogP contribution in [0.4, 0.5) is 13.2 Å². The number of allylic oxidation sites excluding steroid dienone is 1. The first-order valence-electron chi connectivity index (χ1n) is 11.6. The van der Waals surface area contributed by atoms with E-state index in [2.05, 4.69) is 11.1 Å². The fraction of sp³-hybridized carbons (Fsp3) is 0.462. The second-order valence-electron chi connectivity index (χ2n) is 9.57. The molecule has 4 nitrogen and oxygen atoms in total. The van der Waals surface area contributed by atoms with Gasteiger partial charge in [-0.3, -0.25) is 14.0 Å². The monoisotopic (exact) mass is 489 g/mol. The van der Waals surface area contributed by atoms with E-state index in [1.54, 1.807) is 24.4 Å². The highest BCUT2D eigenvalue weighted by molar-refractivity contribution is 7.85. The van der Waals surface area contributed by atoms with E-state index in [4.69, 9.17) is 4.74 Å². The lowest BCUT2D eigenvalue weighted by molar-refractivity contribution is -0.144. The topological polar surface area (TPSA) is 56.3 Å². The Morgan fingerprint density at radius 3 is 2.74 bits per heavy atom. The molecule has 7 unspecified atom stereocenters. The molecule has 3 heterocycles. The van der Waals surface area contributed by atoms with E-state index in [0.717, 1.165) is 25.0 Å². The molecule has 1 saturated carbocycles. The van der Waals surface area contributed by atoms with Gasteiger partial charge in [-0.05, 0) is 67.4 Å². The van der Waals surface area contributed by atoms with Crippen molar-refractivity contribution in [2.24, 2.45) is 29.6 Å². The van der Waals surface area contributed by atoms with E-state index in [0.29, 0.717) is 34.2 Å². The maximum absolute atomic E-state index is 13.0. The fourth-order valence-corrected chi connectivity index (χ4v) is 7.57. The molecule has 180 valence electrons. The van der Waals surface area contributed by atoms with E-state index in [1.165, 1.54) is 6.07 Å². The average molecular weight is 490 g/mol. The number of fused-ring (bicyclic) bond motifs is 2. The number of hydrogen-bond donors (Lipinski definition) is 0. The van der Waals surface area contributed by atoms with Gasteiger partial charge in [0.15, 0.2) is 0 Å². The van der Waals surface area contributed by atoms with E-state index in [1.807, 2.05) is 13.0 Å². The van der Waals surface area contributed by atoms with Crippen molar-refractivity contribution in [3.05, 3.63) is 59.9 Å². The Hall–Kier alpha value is -2.48. The SMILES string of the molecule is CC1OC(=O)C2CC3CS(=O)CCC3C(/C=C/c3ccc(-c4cccc(C(F)(F)F)c4)cn3)C12. The van der Waals surface area contributed by atoms with Crippen molar-refractivity contribution >= 4 is 22.8 Å². The third-order valence-electron chi connectivity index (χ3n) is 7.59. The first kappa shape index (κ1) is 23.3. The summed E-state index contributed by atoms with van der Waals surface area (Å²) in [5, 5.41) is 0. The van der Waals surface area contributed by atoms with Gasteiger partial charge in [0.2, 0.25) is 0 Å². The van der Waals surface area contributed by atoms with E-state index in [-0.39, 0.29) is 35.7 Å². The molecule has 2 saturated heterocycles. The van der Waals surface area contributed by atoms with Crippen LogP contribution >= 0.6 is 0 Å². The first-order valence-corrected chi connectivity index (χ1v) is 13.1. The number of hydrogen-bond acceptors (Lipinski definition) is 4. The lowest BCUT2D eigenvalue weighted by atomic mass is 9.60. The van der Waals surface area contributed by atoms with Gasteiger partial charge in [-0.25, -0.2) is 0 Å². The molecule has 7 atom stereocenters. The number of nitrogens with zero attached hydrogens (tertiary/aromatic N) is 1. The summed E-state index contributed by atoms with van der Waals surface area (Å²) in [5.74, 6) is 1.87. The minimum atomic E-state index is -4.39. The van der Waals surface area contributed by atoms with Crippen LogP contribution in [0.15, 0.2) is 48.7 Å². The number of pyridine rings is 1. The highest BCUT2D eigenvalue weighted by Crippen LogP contribution is 2.51. The number of esters is 1. The van der Waals surface area contributed by atoms with Gasteiger partial charge in [-0.2, -0.15) is 13.2 Å². The van der Waals surface area contributed by atoms with Gasteiger partial charge in [0, 0.05) is 40.0 Å². The van der Waals surface area contributed by atoms with Crippen molar-refractivity contribution in [1.82, 2.24) is 4.98 Å². The lowest BCUT2D eigenvalue weighted by Crippen LogP contribution is -2.46. The number of alkyl halides is 3. The number of ether oxygens (including phenoxy) is 1. The predicted molar refractivity (Wildman–Crippen MR) is 124 cm³/mol. The van der Waals surface area contributed by atoms with Crippen molar-refractivity contribution in [2.45, 2.75) is 32.0 Å². The molecular weight excluding hydrogens is 463 g/mol. The summed E-state index contributed by atoms with van der Waals surface area (Å²) in [4.78, 5) is 16.9. The highest BCUT2D eigenvalue weighted by atomic mass is 32.2. The maximum atomic E-state index is 13.0. The highest BCUT2D eigenvalue weighted by Gasteiger charge is 2.54. The molecule has 0 spiro atoms. The summed E-state index contributed by atoms with van der Waals surface area (Å²) in [6, 6.07) is 8.77. The van der Waals surface area contributed by atoms with Crippen LogP contribution in [0.3, 0.4) is 0 Å². The second-order valence-corrected chi connectivity index (χ2v) is 11.2. The Kier molecular flexibility index (Phi) is 6.12. The van der Waals surface area contributed by atoms with Crippen LogP contribution in [-0.4, -0.2) is 32.8 Å². The molecule has 0 radical (unpaired) electrons.